The van der Waals surface area contributed by atoms with Crippen molar-refractivity contribution in [3.63, 3.8) is 0 Å². The summed E-state index contributed by atoms with van der Waals surface area (Å²) < 4.78 is 4.93. The highest BCUT2D eigenvalue weighted by atomic mass is 16.5. The molecule has 8 heteroatoms. The number of allylic oxidation sites excluding steroid dienone is 2. The van der Waals surface area contributed by atoms with Crippen molar-refractivity contribution in [1.29, 1.82) is 0 Å². The maximum absolute atomic E-state index is 13.8. The molecule has 2 fully saturated rings. The maximum Gasteiger partial charge on any atom is 0.309 e. The number of methoxy groups -OCH3 is 1. The SMILES string of the molecule is COC(=O)[C@@H]1CCCC1C(=O)C(C)/C=C(\C(C)C)N(C)C(=O)[C@@H](NC(=O)[C@H]1CCCCN1C)C(C)(C)C. The Labute approximate surface area is 223 Å². The van der Waals surface area contributed by atoms with E-state index in [0.717, 1.165) is 37.9 Å². The molecular formula is C29H49N3O5. The molecule has 0 radical (unpaired) electrons. The van der Waals surface area contributed by atoms with Crippen molar-refractivity contribution in [2.24, 2.45) is 29.1 Å². The molecule has 0 spiro atoms. The second-order valence-corrected chi connectivity index (χ2v) is 12.3. The van der Waals surface area contributed by atoms with E-state index in [-0.39, 0.29) is 41.4 Å². The predicted octanol–water partition coefficient (Wildman–Crippen LogP) is 3.79. The summed E-state index contributed by atoms with van der Waals surface area (Å²) >= 11 is 0. The van der Waals surface area contributed by atoms with Gasteiger partial charge in [-0.25, -0.2) is 0 Å². The number of ether oxygens (including phenoxy) is 1. The first-order chi connectivity index (χ1) is 17.2. The first kappa shape index (κ1) is 31.0. The lowest BCUT2D eigenvalue weighted by Gasteiger charge is -2.38. The Bertz CT molecular complexity index is 875. The zero-order valence-electron chi connectivity index (χ0n) is 24.4. The summed E-state index contributed by atoms with van der Waals surface area (Å²) in [6, 6.07) is -0.948. The second kappa shape index (κ2) is 13.0. The highest BCUT2D eigenvalue weighted by molar-refractivity contribution is 5.92. The monoisotopic (exact) mass is 519 g/mol. The number of ketones is 1. The zero-order chi connectivity index (χ0) is 28.1. The molecule has 1 heterocycles. The number of carbonyl (C=O) groups is 4. The number of nitrogens with one attached hydrogen (secondary N) is 1. The third kappa shape index (κ3) is 7.65. The summed E-state index contributed by atoms with van der Waals surface area (Å²) in [6.07, 6.45) is 6.88. The standard InChI is InChI=1S/C29H49N3O5/c1-18(2)23(17-19(3)24(33)20-13-12-14-21(20)28(36)37-9)32(8)27(35)25(29(4,5)6)30-26(34)22-15-10-11-16-31(22)7/h17-22,25H,10-16H2,1-9H3,(H,30,34)/b23-17+/t19?,20?,21-,22-,25-/m1/s1. The topological polar surface area (TPSA) is 96.0 Å². The minimum Gasteiger partial charge on any atom is -0.469 e. The van der Waals surface area contributed by atoms with Gasteiger partial charge in [0.25, 0.3) is 0 Å². The van der Waals surface area contributed by atoms with Crippen LogP contribution in [-0.4, -0.2) is 73.2 Å². The Morgan fingerprint density at radius 1 is 1.00 bits per heavy atom. The van der Waals surface area contributed by atoms with E-state index in [9.17, 15) is 19.2 Å². The predicted molar refractivity (Wildman–Crippen MR) is 144 cm³/mol. The first-order valence-electron chi connectivity index (χ1n) is 13.8. The largest absolute Gasteiger partial charge is 0.469 e. The fourth-order valence-electron chi connectivity index (χ4n) is 5.72. The highest BCUT2D eigenvalue weighted by Crippen LogP contribution is 2.36. The van der Waals surface area contributed by atoms with E-state index in [0.29, 0.717) is 12.8 Å². The number of Topliss-reactive ketones (excluding diaryl/α,β-unsaturated/α-hetero) is 1. The summed E-state index contributed by atoms with van der Waals surface area (Å²) in [5.74, 6) is -1.87. The van der Waals surface area contributed by atoms with Gasteiger partial charge < -0.3 is 15.0 Å². The van der Waals surface area contributed by atoms with Gasteiger partial charge in [0.2, 0.25) is 11.8 Å². The smallest absolute Gasteiger partial charge is 0.309 e. The van der Waals surface area contributed by atoms with Gasteiger partial charge in [0.05, 0.1) is 19.1 Å². The van der Waals surface area contributed by atoms with Crippen LogP contribution in [0, 0.1) is 29.1 Å². The molecule has 0 aromatic heterocycles. The molecule has 8 nitrogen and oxygen atoms in total. The Hall–Kier alpha value is -2.22. The van der Waals surface area contributed by atoms with E-state index >= 15 is 0 Å². The Morgan fingerprint density at radius 2 is 1.62 bits per heavy atom. The van der Waals surface area contributed by atoms with E-state index in [1.54, 1.807) is 11.9 Å². The van der Waals surface area contributed by atoms with Gasteiger partial charge in [-0.1, -0.05) is 60.5 Å². The molecule has 5 atom stereocenters. The number of hydrogen-bond donors (Lipinski definition) is 1. The zero-order valence-corrected chi connectivity index (χ0v) is 24.4. The van der Waals surface area contributed by atoms with E-state index < -0.39 is 23.3 Å². The molecule has 2 rings (SSSR count). The second-order valence-electron chi connectivity index (χ2n) is 12.3. The van der Waals surface area contributed by atoms with Crippen molar-refractivity contribution in [3.05, 3.63) is 11.8 Å². The van der Waals surface area contributed by atoms with E-state index in [4.69, 9.17) is 4.74 Å². The summed E-state index contributed by atoms with van der Waals surface area (Å²) in [6.45, 7) is 12.5. The van der Waals surface area contributed by atoms with Crippen molar-refractivity contribution in [3.8, 4) is 0 Å². The van der Waals surface area contributed by atoms with Crippen LogP contribution in [0.5, 0.6) is 0 Å². The third-order valence-corrected chi connectivity index (χ3v) is 8.04. The molecule has 2 amide bonds. The van der Waals surface area contributed by atoms with E-state index in [2.05, 4.69) is 10.2 Å². The Kier molecular flexibility index (Phi) is 10.9. The molecule has 0 aromatic carbocycles. The van der Waals surface area contributed by atoms with Gasteiger partial charge in [-0.15, -0.1) is 0 Å². The molecule has 1 aliphatic carbocycles. The Morgan fingerprint density at radius 3 is 2.16 bits per heavy atom. The third-order valence-electron chi connectivity index (χ3n) is 8.04. The molecule has 1 aliphatic heterocycles. The number of hydrogen-bond acceptors (Lipinski definition) is 6. The van der Waals surface area contributed by atoms with Gasteiger partial charge in [0, 0.05) is 24.6 Å². The molecule has 1 saturated carbocycles. The molecule has 1 N–H and O–H groups in total. The number of carbonyl (C=O) groups excluding carboxylic acids is 4. The molecule has 2 unspecified atom stereocenters. The average molecular weight is 520 g/mol. The van der Waals surface area contributed by atoms with Gasteiger partial charge in [0.1, 0.15) is 11.8 Å². The lowest BCUT2D eigenvalue weighted by Crippen LogP contribution is -2.58. The molecule has 2 aliphatic rings. The van der Waals surface area contributed by atoms with E-state index in [1.165, 1.54) is 7.11 Å². The van der Waals surface area contributed by atoms with Crippen molar-refractivity contribution in [2.45, 2.75) is 92.2 Å². The van der Waals surface area contributed by atoms with E-state index in [1.807, 2.05) is 54.7 Å². The first-order valence-corrected chi connectivity index (χ1v) is 13.8. The minimum atomic E-state index is -0.716. The van der Waals surface area contributed by atoms with Crippen LogP contribution in [-0.2, 0) is 23.9 Å². The van der Waals surface area contributed by atoms with Crippen molar-refractivity contribution in [2.75, 3.05) is 27.7 Å². The van der Waals surface area contributed by atoms with Crippen LogP contribution in [0.1, 0.15) is 80.1 Å². The average Bonchev–Trinajstić information content (AvgIpc) is 3.33. The number of likely N-dealkylation sites (tertiary alicyclic amines) is 1. The number of amides is 2. The Balaban J connectivity index is 2.25. The van der Waals surface area contributed by atoms with Gasteiger partial charge in [-0.2, -0.15) is 0 Å². The molecule has 0 bridgehead atoms. The van der Waals surface area contributed by atoms with Crippen molar-refractivity contribution in [1.82, 2.24) is 15.1 Å². The minimum absolute atomic E-state index is 0.00732. The lowest BCUT2D eigenvalue weighted by atomic mass is 9.84. The van der Waals surface area contributed by atoms with Crippen molar-refractivity contribution >= 4 is 23.6 Å². The van der Waals surface area contributed by atoms with Gasteiger partial charge in [0.15, 0.2) is 0 Å². The number of esters is 1. The lowest BCUT2D eigenvalue weighted by molar-refractivity contribution is -0.149. The van der Waals surface area contributed by atoms with Crippen LogP contribution in [0.3, 0.4) is 0 Å². The maximum atomic E-state index is 13.8. The molecule has 0 aromatic rings. The van der Waals surface area contributed by atoms with Crippen LogP contribution >= 0.6 is 0 Å². The molecule has 210 valence electrons. The normalized spacial score (nSPS) is 24.9. The summed E-state index contributed by atoms with van der Waals surface area (Å²) in [5.41, 5.74) is 0.228. The summed E-state index contributed by atoms with van der Waals surface area (Å²) in [4.78, 5) is 56.2. The van der Waals surface area contributed by atoms with Crippen LogP contribution in [0.4, 0.5) is 0 Å². The van der Waals surface area contributed by atoms with Crippen molar-refractivity contribution < 1.29 is 23.9 Å². The van der Waals surface area contributed by atoms with Gasteiger partial charge >= 0.3 is 5.97 Å². The summed E-state index contributed by atoms with van der Waals surface area (Å²) in [5, 5.41) is 3.06. The fraction of sp³-hybridized carbons (Fsp3) is 0.793. The highest BCUT2D eigenvalue weighted by Gasteiger charge is 2.41. The molecule has 1 saturated heterocycles. The van der Waals surface area contributed by atoms with Crippen LogP contribution in [0.25, 0.3) is 0 Å². The van der Waals surface area contributed by atoms with Crippen LogP contribution in [0.15, 0.2) is 11.8 Å². The van der Waals surface area contributed by atoms with Crippen LogP contribution in [0.2, 0.25) is 0 Å². The van der Waals surface area contributed by atoms with Crippen LogP contribution < -0.4 is 5.32 Å². The van der Waals surface area contributed by atoms with Gasteiger partial charge in [-0.05, 0) is 50.6 Å². The fourth-order valence-corrected chi connectivity index (χ4v) is 5.72. The van der Waals surface area contributed by atoms with Gasteiger partial charge in [-0.3, -0.25) is 24.1 Å². The number of nitrogens with zero attached hydrogens (tertiary/aromatic N) is 2. The molecular weight excluding hydrogens is 470 g/mol. The number of piperidine rings is 1. The number of likely N-dealkylation sites (N-methyl/N-ethyl adjacent to an activating group) is 2. The number of rotatable bonds is 9. The summed E-state index contributed by atoms with van der Waals surface area (Å²) in [7, 11) is 5.03. The quantitative estimate of drug-likeness (QED) is 0.466. The molecule has 37 heavy (non-hydrogen) atoms.